The van der Waals surface area contributed by atoms with Crippen molar-refractivity contribution in [1.82, 2.24) is 4.58 Å². The van der Waals surface area contributed by atoms with Gasteiger partial charge in [-0.05, 0) is 36.6 Å². The minimum atomic E-state index is -0.349. The fraction of sp³-hybridized carbons (Fsp3) is 0.429. The first-order valence-corrected chi connectivity index (χ1v) is 12.4. The predicted octanol–water partition coefficient (Wildman–Crippen LogP) is 5.40. The Balaban J connectivity index is 1.75. The van der Waals surface area contributed by atoms with Crippen LogP contribution >= 0.6 is 0 Å². The summed E-state index contributed by atoms with van der Waals surface area (Å²) in [5, 5.41) is 2.55. The van der Waals surface area contributed by atoms with E-state index in [1.165, 1.54) is 36.6 Å². The molecular formula is C28H33N2O3+. The maximum atomic E-state index is 12.8. The van der Waals surface area contributed by atoms with Crippen LogP contribution in [-0.4, -0.2) is 26.7 Å². The lowest BCUT2D eigenvalue weighted by Gasteiger charge is -2.27. The van der Waals surface area contributed by atoms with E-state index in [-0.39, 0.29) is 5.63 Å². The topological polar surface area (TPSA) is 49.6 Å². The molecule has 3 heterocycles. The van der Waals surface area contributed by atoms with Crippen LogP contribution in [0.3, 0.4) is 0 Å². The van der Waals surface area contributed by atoms with Crippen molar-refractivity contribution >= 4 is 27.6 Å². The molecule has 172 valence electrons. The highest BCUT2D eigenvalue weighted by atomic mass is 16.4. The molecule has 5 heteroatoms. The molecule has 2 aliphatic heterocycles. The molecule has 0 spiro atoms. The van der Waals surface area contributed by atoms with Crippen LogP contribution < -0.4 is 20.5 Å². The average molecular weight is 446 g/mol. The van der Waals surface area contributed by atoms with Gasteiger partial charge in [-0.15, -0.1) is 0 Å². The van der Waals surface area contributed by atoms with Crippen molar-refractivity contribution in [3.63, 3.8) is 0 Å². The lowest BCUT2D eigenvalue weighted by Crippen LogP contribution is -2.31. The van der Waals surface area contributed by atoms with Gasteiger partial charge in [-0.1, -0.05) is 26.7 Å². The van der Waals surface area contributed by atoms with Crippen LogP contribution in [0.4, 0.5) is 5.69 Å². The molecule has 1 aromatic heterocycles. The number of anilines is 1. The van der Waals surface area contributed by atoms with Crippen LogP contribution in [-0.2, 0) is 6.42 Å². The van der Waals surface area contributed by atoms with Crippen LogP contribution in [0.2, 0.25) is 0 Å². The number of aryl methyl sites for hydroxylation is 1. The smallest absolute Gasteiger partial charge is 0.347 e. The Hall–Kier alpha value is -3.08. The normalized spacial score (nSPS) is 13.7. The van der Waals surface area contributed by atoms with Gasteiger partial charge in [0.2, 0.25) is 5.36 Å². The third-order valence-corrected chi connectivity index (χ3v) is 6.88. The van der Waals surface area contributed by atoms with Gasteiger partial charge in [-0.2, -0.15) is 0 Å². The van der Waals surface area contributed by atoms with Crippen molar-refractivity contribution in [3.05, 3.63) is 57.7 Å². The summed E-state index contributed by atoms with van der Waals surface area (Å²) in [4.78, 5) is 15.1. The van der Waals surface area contributed by atoms with Crippen LogP contribution in [0.25, 0.3) is 33.3 Å². The molecule has 0 fully saturated rings. The van der Waals surface area contributed by atoms with Crippen LogP contribution in [0.15, 0.2) is 50.0 Å². The molecule has 0 saturated carbocycles. The molecule has 1 aliphatic carbocycles. The highest BCUT2D eigenvalue weighted by Gasteiger charge is 2.20. The zero-order chi connectivity index (χ0) is 22.9. The molecule has 5 nitrogen and oxygen atoms in total. The number of unbranched alkanes of at least 4 members (excludes halogenated alkanes) is 2. The van der Waals surface area contributed by atoms with Crippen LogP contribution in [0.5, 0.6) is 0 Å². The van der Waals surface area contributed by atoms with Crippen LogP contribution in [0, 0.1) is 0 Å². The molecule has 0 amide bonds. The van der Waals surface area contributed by atoms with E-state index in [0.717, 1.165) is 54.9 Å². The summed E-state index contributed by atoms with van der Waals surface area (Å²) >= 11 is 0. The average Bonchev–Trinajstić information content (AvgIpc) is 2.83. The van der Waals surface area contributed by atoms with Crippen molar-refractivity contribution in [2.24, 2.45) is 0 Å². The summed E-state index contributed by atoms with van der Waals surface area (Å²) in [7, 11) is 2.09. The second-order valence-corrected chi connectivity index (χ2v) is 9.30. The van der Waals surface area contributed by atoms with E-state index in [9.17, 15) is 4.79 Å². The molecule has 0 radical (unpaired) electrons. The quantitative estimate of drug-likeness (QED) is 0.173. The highest BCUT2D eigenvalue weighted by molar-refractivity contribution is 6.03. The number of nitrogens with zero attached hydrogens (tertiary/aromatic N) is 2. The third-order valence-electron chi connectivity index (χ3n) is 6.88. The Kier molecular flexibility index (Phi) is 5.96. The van der Waals surface area contributed by atoms with E-state index in [4.69, 9.17) is 8.83 Å². The lowest BCUT2D eigenvalue weighted by molar-refractivity contribution is 0.523. The summed E-state index contributed by atoms with van der Waals surface area (Å²) < 4.78 is 14.7. The van der Waals surface area contributed by atoms with E-state index >= 15 is 0 Å². The standard InChI is InChI=1S/C28H33N2O3/c1-4-6-13-30(14-7-5-2)21-11-10-20-16-23-27(32-25(20)17-21)22-15-19-9-8-12-29(3)24(19)18-26(22)33-28(23)31/h10-11,15-18H,4-9,12-14H2,1-3H3/q+1. The lowest BCUT2D eigenvalue weighted by atomic mass is 9.99. The maximum Gasteiger partial charge on any atom is 0.347 e. The molecule has 3 aliphatic rings. The van der Waals surface area contributed by atoms with Crippen molar-refractivity contribution in [3.8, 4) is 11.3 Å². The summed E-state index contributed by atoms with van der Waals surface area (Å²) in [6.45, 7) is 7.56. The minimum absolute atomic E-state index is 0.349. The Morgan fingerprint density at radius 3 is 2.52 bits per heavy atom. The largest absolute Gasteiger partial charge is 0.455 e. The van der Waals surface area contributed by atoms with E-state index in [1.807, 2.05) is 12.1 Å². The summed E-state index contributed by atoms with van der Waals surface area (Å²) in [5.41, 5.74) is 4.20. The van der Waals surface area contributed by atoms with Gasteiger partial charge >= 0.3 is 5.63 Å². The van der Waals surface area contributed by atoms with Gasteiger partial charge in [0, 0.05) is 49.8 Å². The fourth-order valence-corrected chi connectivity index (χ4v) is 4.95. The van der Waals surface area contributed by atoms with Crippen molar-refractivity contribution in [2.45, 2.75) is 52.4 Å². The van der Waals surface area contributed by atoms with E-state index < -0.39 is 0 Å². The molecular weight excluding hydrogens is 412 g/mol. The maximum absolute atomic E-state index is 12.8. The summed E-state index contributed by atoms with van der Waals surface area (Å²) in [5.74, 6) is 0.805. The Morgan fingerprint density at radius 2 is 1.76 bits per heavy atom. The predicted molar refractivity (Wildman–Crippen MR) is 135 cm³/mol. The van der Waals surface area contributed by atoms with E-state index in [0.29, 0.717) is 16.6 Å². The molecule has 0 N–H and O–H groups in total. The fourth-order valence-electron chi connectivity index (χ4n) is 4.95. The Labute approximate surface area is 194 Å². The number of hydrogen-bond acceptors (Lipinski definition) is 4. The van der Waals surface area contributed by atoms with E-state index in [1.54, 1.807) is 0 Å². The highest BCUT2D eigenvalue weighted by Crippen LogP contribution is 2.35. The van der Waals surface area contributed by atoms with Gasteiger partial charge in [0.1, 0.15) is 29.8 Å². The summed E-state index contributed by atoms with van der Waals surface area (Å²) in [6, 6.07) is 12.4. The number of rotatable bonds is 6. The third kappa shape index (κ3) is 4.05. The SMILES string of the molecule is CCCC[N+](CCCC)=c1ccc2cc3c(=O)oc4cc5c(cc4c3oc-2c1)CCCN5C. The first-order valence-electron chi connectivity index (χ1n) is 12.4. The molecule has 0 bridgehead atoms. The van der Waals surface area contributed by atoms with Crippen molar-refractivity contribution < 1.29 is 8.83 Å². The number of hydrogen-bond donors (Lipinski definition) is 0. The molecule has 0 saturated heterocycles. The zero-order valence-electron chi connectivity index (χ0n) is 19.9. The van der Waals surface area contributed by atoms with Crippen LogP contribution in [0.1, 0.15) is 51.5 Å². The van der Waals surface area contributed by atoms with Gasteiger partial charge in [0.25, 0.3) is 0 Å². The number of benzene rings is 2. The van der Waals surface area contributed by atoms with Gasteiger partial charge < -0.3 is 13.7 Å². The molecule has 33 heavy (non-hydrogen) atoms. The molecule has 0 unspecified atom stereocenters. The van der Waals surface area contributed by atoms with Gasteiger partial charge in [-0.3, -0.25) is 0 Å². The van der Waals surface area contributed by atoms with Gasteiger partial charge in [0.05, 0.1) is 11.5 Å². The second-order valence-electron chi connectivity index (χ2n) is 9.30. The Morgan fingerprint density at radius 1 is 0.970 bits per heavy atom. The second kappa shape index (κ2) is 9.05. The monoisotopic (exact) mass is 445 g/mol. The molecule has 2 aromatic rings. The Bertz CT molecular complexity index is 1400. The minimum Gasteiger partial charge on any atom is -0.455 e. The molecule has 0 atom stereocenters. The first kappa shape index (κ1) is 21.7. The van der Waals surface area contributed by atoms with Gasteiger partial charge in [-0.25, -0.2) is 9.37 Å². The van der Waals surface area contributed by atoms with Gasteiger partial charge in [0.15, 0.2) is 5.58 Å². The first-order chi connectivity index (χ1) is 16.1. The summed E-state index contributed by atoms with van der Waals surface area (Å²) in [6.07, 6.45) is 6.83. The van der Waals surface area contributed by atoms with E-state index in [2.05, 4.69) is 54.6 Å². The molecule has 1 aromatic carbocycles. The van der Waals surface area contributed by atoms with Crippen molar-refractivity contribution in [1.29, 1.82) is 0 Å². The zero-order valence-corrected chi connectivity index (χ0v) is 19.9. The van der Waals surface area contributed by atoms with Crippen molar-refractivity contribution in [2.75, 3.05) is 31.6 Å². The number of fused-ring (bicyclic) bond motifs is 5. The molecule has 5 rings (SSSR count).